The van der Waals surface area contributed by atoms with Gasteiger partial charge in [-0.1, -0.05) is 23.7 Å². The lowest BCUT2D eigenvalue weighted by Gasteiger charge is -2.28. The molecule has 0 unspecified atom stereocenters. The molecule has 0 bridgehead atoms. The van der Waals surface area contributed by atoms with Crippen LogP contribution in [-0.2, 0) is 9.59 Å². The van der Waals surface area contributed by atoms with Crippen molar-refractivity contribution in [3.8, 4) is 0 Å². The van der Waals surface area contributed by atoms with Crippen molar-refractivity contribution in [1.29, 1.82) is 0 Å². The Morgan fingerprint density at radius 2 is 2.04 bits per heavy atom. The van der Waals surface area contributed by atoms with Gasteiger partial charge in [0.1, 0.15) is 11.3 Å². The molecule has 5 nitrogen and oxygen atoms in total. The van der Waals surface area contributed by atoms with Crippen LogP contribution in [0.5, 0.6) is 0 Å². The zero-order valence-corrected chi connectivity index (χ0v) is 13.8. The van der Waals surface area contributed by atoms with Crippen molar-refractivity contribution in [2.75, 3.05) is 4.90 Å². The number of carbonyl (C=O) groups excluding carboxylic acids is 2. The van der Waals surface area contributed by atoms with Gasteiger partial charge in [0.15, 0.2) is 5.11 Å². The molecule has 1 aliphatic rings. The maximum Gasteiger partial charge on any atom is 0.270 e. The van der Waals surface area contributed by atoms with E-state index in [-0.39, 0.29) is 10.7 Å². The molecule has 120 valence electrons. The summed E-state index contributed by atoms with van der Waals surface area (Å²) in [7, 11) is 0. The van der Waals surface area contributed by atoms with E-state index < -0.39 is 11.8 Å². The minimum atomic E-state index is -0.549. The lowest BCUT2D eigenvalue weighted by molar-refractivity contribution is -0.122. The van der Waals surface area contributed by atoms with Gasteiger partial charge in [-0.15, -0.1) is 0 Å². The van der Waals surface area contributed by atoms with Crippen molar-refractivity contribution in [2.45, 2.75) is 0 Å². The average Bonchev–Trinajstić information content (AvgIpc) is 3.03. The fourth-order valence-electron chi connectivity index (χ4n) is 2.15. The van der Waals surface area contributed by atoms with E-state index in [4.69, 9.17) is 28.2 Å². The number of allylic oxidation sites excluding steroid dienone is 2. The van der Waals surface area contributed by atoms with Gasteiger partial charge < -0.3 is 4.42 Å². The van der Waals surface area contributed by atoms with Crippen molar-refractivity contribution < 1.29 is 14.0 Å². The van der Waals surface area contributed by atoms with Crippen LogP contribution >= 0.6 is 23.8 Å². The van der Waals surface area contributed by atoms with E-state index in [9.17, 15) is 9.59 Å². The summed E-state index contributed by atoms with van der Waals surface area (Å²) in [5.41, 5.74) is 0.449. The zero-order chi connectivity index (χ0) is 17.1. The third kappa shape index (κ3) is 3.29. The maximum absolute atomic E-state index is 12.7. The van der Waals surface area contributed by atoms with Gasteiger partial charge in [0.25, 0.3) is 11.8 Å². The maximum atomic E-state index is 12.7. The van der Waals surface area contributed by atoms with Crippen LogP contribution in [0.3, 0.4) is 0 Å². The number of benzene rings is 1. The molecule has 3 rings (SSSR count). The number of anilines is 1. The van der Waals surface area contributed by atoms with E-state index in [2.05, 4.69) is 5.32 Å². The first-order chi connectivity index (χ1) is 11.6. The van der Waals surface area contributed by atoms with Crippen molar-refractivity contribution >= 4 is 52.5 Å². The van der Waals surface area contributed by atoms with Gasteiger partial charge in [-0.2, -0.15) is 0 Å². The standard InChI is InChI=1S/C17H11ClN2O3S/c18-11-4-1-5-12(10-11)20-16(22)14(15(21)19-17(20)24)8-2-6-13-7-3-9-23-13/h1-10H,(H,19,21,24). The number of rotatable bonds is 3. The minimum absolute atomic E-state index is 0.0134. The van der Waals surface area contributed by atoms with Gasteiger partial charge in [-0.3, -0.25) is 19.8 Å². The zero-order valence-electron chi connectivity index (χ0n) is 12.2. The first-order valence-corrected chi connectivity index (χ1v) is 7.72. The molecule has 2 heterocycles. The average molecular weight is 359 g/mol. The number of thiocarbonyl (C=S) groups is 1. The Kier molecular flexibility index (Phi) is 4.59. The summed E-state index contributed by atoms with van der Waals surface area (Å²) in [5.74, 6) is -0.458. The van der Waals surface area contributed by atoms with E-state index in [1.807, 2.05) is 0 Å². The summed E-state index contributed by atoms with van der Waals surface area (Å²) in [6.07, 6.45) is 6.16. The second-order valence-electron chi connectivity index (χ2n) is 4.83. The molecule has 0 atom stereocenters. The van der Waals surface area contributed by atoms with Crippen LogP contribution in [0.25, 0.3) is 6.08 Å². The van der Waals surface area contributed by atoms with Crippen molar-refractivity contribution in [2.24, 2.45) is 0 Å². The topological polar surface area (TPSA) is 62.6 Å². The van der Waals surface area contributed by atoms with Gasteiger partial charge in [0.2, 0.25) is 0 Å². The number of furan rings is 1. The summed E-state index contributed by atoms with van der Waals surface area (Å²) in [6.45, 7) is 0. The second kappa shape index (κ2) is 6.82. The number of nitrogens with zero attached hydrogens (tertiary/aromatic N) is 1. The number of nitrogens with one attached hydrogen (secondary N) is 1. The Labute approximate surface area is 148 Å². The third-order valence-electron chi connectivity index (χ3n) is 3.23. The largest absolute Gasteiger partial charge is 0.465 e. The molecule has 0 radical (unpaired) electrons. The fraction of sp³-hybridized carbons (Fsp3) is 0. The van der Waals surface area contributed by atoms with Gasteiger partial charge >= 0.3 is 0 Å². The van der Waals surface area contributed by atoms with Gasteiger partial charge in [0, 0.05) is 5.02 Å². The lowest BCUT2D eigenvalue weighted by atomic mass is 10.1. The molecule has 1 aromatic carbocycles. The molecule has 1 N–H and O–H groups in total. The van der Waals surface area contributed by atoms with E-state index in [1.165, 1.54) is 17.2 Å². The van der Waals surface area contributed by atoms with E-state index in [0.717, 1.165) is 0 Å². The van der Waals surface area contributed by atoms with Crippen molar-refractivity contribution in [3.05, 3.63) is 71.2 Å². The first-order valence-electron chi connectivity index (χ1n) is 6.93. The molecule has 2 aromatic rings. The van der Waals surface area contributed by atoms with Crippen LogP contribution in [0, 0.1) is 0 Å². The Balaban J connectivity index is 1.91. The van der Waals surface area contributed by atoms with Gasteiger partial charge in [-0.25, -0.2) is 0 Å². The molecular weight excluding hydrogens is 348 g/mol. The number of amides is 2. The van der Waals surface area contributed by atoms with Crippen LogP contribution in [-0.4, -0.2) is 16.9 Å². The predicted molar refractivity (Wildman–Crippen MR) is 95.5 cm³/mol. The normalized spacial score (nSPS) is 17.0. The molecule has 0 saturated carbocycles. The monoisotopic (exact) mass is 358 g/mol. The minimum Gasteiger partial charge on any atom is -0.465 e. The van der Waals surface area contributed by atoms with Crippen molar-refractivity contribution in [3.63, 3.8) is 0 Å². The molecule has 24 heavy (non-hydrogen) atoms. The van der Waals surface area contributed by atoms with E-state index in [0.29, 0.717) is 16.5 Å². The summed E-state index contributed by atoms with van der Waals surface area (Å²) >= 11 is 11.1. The molecule has 1 aromatic heterocycles. The van der Waals surface area contributed by atoms with E-state index >= 15 is 0 Å². The molecule has 0 spiro atoms. The van der Waals surface area contributed by atoms with Crippen molar-refractivity contribution in [1.82, 2.24) is 5.32 Å². The molecule has 7 heteroatoms. The number of hydrogen-bond donors (Lipinski definition) is 1. The Bertz CT molecular complexity index is 872. The lowest BCUT2D eigenvalue weighted by Crippen LogP contribution is -2.54. The number of halogens is 1. The third-order valence-corrected chi connectivity index (χ3v) is 3.75. The molecule has 1 aliphatic heterocycles. The smallest absolute Gasteiger partial charge is 0.270 e. The van der Waals surface area contributed by atoms with Crippen LogP contribution in [0.15, 0.2) is 64.8 Å². The Morgan fingerprint density at radius 1 is 1.21 bits per heavy atom. The quantitative estimate of drug-likeness (QED) is 0.519. The number of hydrogen-bond acceptors (Lipinski definition) is 4. The summed E-state index contributed by atoms with van der Waals surface area (Å²) in [6, 6.07) is 10.2. The highest BCUT2D eigenvalue weighted by molar-refractivity contribution is 7.80. The van der Waals surface area contributed by atoms with E-state index in [1.54, 1.807) is 48.6 Å². The Morgan fingerprint density at radius 3 is 2.75 bits per heavy atom. The summed E-state index contributed by atoms with van der Waals surface area (Å²) in [4.78, 5) is 25.9. The van der Waals surface area contributed by atoms with Gasteiger partial charge in [0.05, 0.1) is 12.0 Å². The Hall–Kier alpha value is -2.70. The van der Waals surface area contributed by atoms with Crippen LogP contribution < -0.4 is 10.2 Å². The SMILES string of the molecule is O=C1NC(=S)N(c2cccc(Cl)c2)C(=O)C1=CC=Cc1ccco1. The molecule has 1 fully saturated rings. The highest BCUT2D eigenvalue weighted by Crippen LogP contribution is 2.23. The highest BCUT2D eigenvalue weighted by atomic mass is 35.5. The summed E-state index contributed by atoms with van der Waals surface area (Å²) < 4.78 is 5.15. The fourth-order valence-corrected chi connectivity index (χ4v) is 2.62. The van der Waals surface area contributed by atoms with Gasteiger partial charge in [-0.05, 0) is 54.7 Å². The number of carbonyl (C=O) groups is 2. The molecular formula is C17H11ClN2O3S. The first kappa shape index (κ1) is 16.2. The second-order valence-corrected chi connectivity index (χ2v) is 5.66. The molecule has 0 aliphatic carbocycles. The predicted octanol–water partition coefficient (Wildman–Crippen LogP) is 3.32. The highest BCUT2D eigenvalue weighted by Gasteiger charge is 2.34. The van der Waals surface area contributed by atoms with Crippen LogP contribution in [0.2, 0.25) is 5.02 Å². The van der Waals surface area contributed by atoms with Crippen LogP contribution in [0.4, 0.5) is 5.69 Å². The molecule has 2 amide bonds. The van der Waals surface area contributed by atoms with Crippen LogP contribution in [0.1, 0.15) is 5.76 Å². The summed E-state index contributed by atoms with van der Waals surface area (Å²) in [5, 5.41) is 2.98. The molecule has 1 saturated heterocycles.